The summed E-state index contributed by atoms with van der Waals surface area (Å²) in [5.74, 6) is -0.665. The molecule has 7 heteroatoms. The van der Waals surface area contributed by atoms with Gasteiger partial charge in [-0.25, -0.2) is 8.42 Å². The lowest BCUT2D eigenvalue weighted by Gasteiger charge is -2.37. The molecule has 3 N–H and O–H groups in total. The van der Waals surface area contributed by atoms with Crippen molar-refractivity contribution in [3.05, 3.63) is 0 Å². The van der Waals surface area contributed by atoms with E-state index in [-0.39, 0.29) is 24.0 Å². The summed E-state index contributed by atoms with van der Waals surface area (Å²) in [7, 11) is -3.21. The van der Waals surface area contributed by atoms with Gasteiger partial charge in [0.15, 0.2) is 9.84 Å². The molecule has 0 saturated carbocycles. The van der Waals surface area contributed by atoms with Gasteiger partial charge in [-0.2, -0.15) is 0 Å². The summed E-state index contributed by atoms with van der Waals surface area (Å²) in [6.07, 6.45) is 3.25. The molecule has 6 nitrogen and oxygen atoms in total. The first-order chi connectivity index (χ1) is 8.87. The number of piperidine rings is 1. The minimum atomic E-state index is -3.21. The Hall–Kier alpha value is -0.660. The first-order valence-electron chi connectivity index (χ1n) is 6.80. The van der Waals surface area contributed by atoms with Crippen LogP contribution < -0.4 is 5.73 Å². The topological polar surface area (TPSA) is 101 Å². The van der Waals surface area contributed by atoms with Crippen LogP contribution in [0.15, 0.2) is 0 Å². The molecule has 0 radical (unpaired) electrons. The molecule has 2 rings (SSSR count). The average Bonchev–Trinajstić information content (AvgIpc) is 2.55. The Bertz CT molecular complexity index is 423. The number of sulfone groups is 1. The van der Waals surface area contributed by atoms with Gasteiger partial charge in [-0.1, -0.05) is 0 Å². The number of carbonyl (C=O) groups is 1. The fraction of sp³-hybridized carbons (Fsp3) is 0.917. The van der Waals surface area contributed by atoms with E-state index in [0.717, 1.165) is 25.7 Å². The Morgan fingerprint density at radius 1 is 1.21 bits per heavy atom. The number of primary amides is 1. The molecular formula is C12H22N2O4S. The van der Waals surface area contributed by atoms with Gasteiger partial charge in [0, 0.05) is 25.0 Å². The van der Waals surface area contributed by atoms with Gasteiger partial charge in [-0.3, -0.25) is 9.69 Å². The highest BCUT2D eigenvalue weighted by Gasteiger charge is 2.40. The highest BCUT2D eigenvalue weighted by molar-refractivity contribution is 7.91. The second kappa shape index (κ2) is 5.76. The average molecular weight is 290 g/mol. The van der Waals surface area contributed by atoms with E-state index in [4.69, 9.17) is 5.73 Å². The van der Waals surface area contributed by atoms with Crippen LogP contribution in [0, 0.1) is 0 Å². The van der Waals surface area contributed by atoms with Gasteiger partial charge in [-0.05, 0) is 25.7 Å². The first kappa shape index (κ1) is 14.7. The lowest BCUT2D eigenvalue weighted by molar-refractivity contribution is -0.117. The summed E-state index contributed by atoms with van der Waals surface area (Å²) in [5.41, 5.74) is 4.97. The lowest BCUT2D eigenvalue weighted by Crippen LogP contribution is -2.46. The summed E-state index contributed by atoms with van der Waals surface area (Å²) in [5, 5.41) is 9.68. The Morgan fingerprint density at radius 2 is 1.79 bits per heavy atom. The van der Waals surface area contributed by atoms with Crippen molar-refractivity contribution in [2.45, 2.75) is 50.3 Å². The van der Waals surface area contributed by atoms with E-state index in [1.807, 2.05) is 0 Å². The van der Waals surface area contributed by atoms with Crippen molar-refractivity contribution < 1.29 is 18.3 Å². The van der Waals surface area contributed by atoms with E-state index in [0.29, 0.717) is 18.6 Å². The van der Waals surface area contributed by atoms with Crippen molar-refractivity contribution in [1.82, 2.24) is 4.90 Å². The summed E-state index contributed by atoms with van der Waals surface area (Å²) >= 11 is 0. The normalized spacial score (nSPS) is 31.5. The van der Waals surface area contributed by atoms with E-state index >= 15 is 0 Å². The Balaban J connectivity index is 1.84. The Kier molecular flexibility index (Phi) is 4.47. The number of amides is 1. The van der Waals surface area contributed by atoms with E-state index in [1.165, 1.54) is 0 Å². The molecular weight excluding hydrogens is 268 g/mol. The maximum absolute atomic E-state index is 11.8. The lowest BCUT2D eigenvalue weighted by atomic mass is 10.0. The number of aliphatic hydroxyl groups excluding tert-OH is 1. The highest BCUT2D eigenvalue weighted by Crippen LogP contribution is 2.35. The summed E-state index contributed by atoms with van der Waals surface area (Å²) in [6, 6.07) is 0.639. The monoisotopic (exact) mass is 290 g/mol. The third-order valence-corrected chi connectivity index (χ3v) is 5.81. The standard InChI is InChI=1S/C12H22N2O4S/c13-12(16)3-5-19(17,18)6-4-14-9-1-2-10(14)8-11(15)7-9/h9-11,15H,1-8H2,(H2,13,16). The van der Waals surface area contributed by atoms with Crippen LogP contribution in [-0.2, 0) is 14.6 Å². The molecule has 0 aliphatic carbocycles. The van der Waals surface area contributed by atoms with Gasteiger partial charge in [0.1, 0.15) is 0 Å². The minimum Gasteiger partial charge on any atom is -0.393 e. The number of rotatable bonds is 6. The zero-order valence-electron chi connectivity index (χ0n) is 11.0. The number of fused-ring (bicyclic) bond motifs is 2. The van der Waals surface area contributed by atoms with Crippen LogP contribution in [0.25, 0.3) is 0 Å². The number of carbonyl (C=O) groups excluding carboxylic acids is 1. The first-order valence-corrected chi connectivity index (χ1v) is 8.62. The predicted molar refractivity (Wildman–Crippen MR) is 71.2 cm³/mol. The molecule has 2 fully saturated rings. The summed E-state index contributed by atoms with van der Waals surface area (Å²) in [4.78, 5) is 12.8. The smallest absolute Gasteiger partial charge is 0.218 e. The molecule has 2 unspecified atom stereocenters. The van der Waals surface area contributed by atoms with Gasteiger partial charge < -0.3 is 10.8 Å². The van der Waals surface area contributed by atoms with Crippen molar-refractivity contribution in [3.8, 4) is 0 Å². The molecule has 2 aliphatic heterocycles. The van der Waals surface area contributed by atoms with Crippen molar-refractivity contribution in [2.24, 2.45) is 5.73 Å². The van der Waals surface area contributed by atoms with Gasteiger partial charge in [0.25, 0.3) is 0 Å². The molecule has 2 bridgehead atoms. The molecule has 110 valence electrons. The van der Waals surface area contributed by atoms with Crippen molar-refractivity contribution in [3.63, 3.8) is 0 Å². The molecule has 2 atom stereocenters. The van der Waals surface area contributed by atoms with Gasteiger partial charge in [0.2, 0.25) is 5.91 Å². The van der Waals surface area contributed by atoms with E-state index < -0.39 is 15.7 Å². The molecule has 0 aromatic carbocycles. The third-order valence-electron chi connectivity index (χ3n) is 4.18. The fourth-order valence-corrected chi connectivity index (χ4v) is 4.42. The van der Waals surface area contributed by atoms with E-state index in [2.05, 4.69) is 4.90 Å². The van der Waals surface area contributed by atoms with Crippen LogP contribution in [0.3, 0.4) is 0 Å². The molecule has 2 heterocycles. The summed E-state index contributed by atoms with van der Waals surface area (Å²) < 4.78 is 23.6. The molecule has 0 spiro atoms. The second-order valence-electron chi connectivity index (χ2n) is 5.62. The van der Waals surface area contributed by atoms with Gasteiger partial charge >= 0.3 is 0 Å². The molecule has 0 aromatic heterocycles. The van der Waals surface area contributed by atoms with Crippen LogP contribution in [-0.4, -0.2) is 60.6 Å². The SMILES string of the molecule is NC(=O)CCS(=O)(=O)CCN1C2CCC1CC(O)C2. The number of aliphatic hydroxyl groups is 1. The number of nitrogens with two attached hydrogens (primary N) is 1. The van der Waals surface area contributed by atoms with Crippen LogP contribution in [0.4, 0.5) is 0 Å². The molecule has 1 amide bonds. The molecule has 0 aromatic rings. The van der Waals surface area contributed by atoms with Crippen LogP contribution in [0.5, 0.6) is 0 Å². The van der Waals surface area contributed by atoms with Crippen molar-refractivity contribution in [2.75, 3.05) is 18.1 Å². The van der Waals surface area contributed by atoms with Crippen molar-refractivity contribution >= 4 is 15.7 Å². The van der Waals surface area contributed by atoms with Crippen LogP contribution in [0.1, 0.15) is 32.1 Å². The minimum absolute atomic E-state index is 0.0728. The largest absolute Gasteiger partial charge is 0.393 e. The zero-order valence-corrected chi connectivity index (χ0v) is 11.8. The number of nitrogens with zero attached hydrogens (tertiary/aromatic N) is 1. The van der Waals surface area contributed by atoms with E-state index in [9.17, 15) is 18.3 Å². The van der Waals surface area contributed by atoms with Gasteiger partial charge in [-0.15, -0.1) is 0 Å². The van der Waals surface area contributed by atoms with E-state index in [1.54, 1.807) is 0 Å². The molecule has 2 saturated heterocycles. The maximum atomic E-state index is 11.8. The zero-order chi connectivity index (χ0) is 14.0. The number of hydrogen-bond acceptors (Lipinski definition) is 5. The maximum Gasteiger partial charge on any atom is 0.218 e. The molecule has 2 aliphatic rings. The Morgan fingerprint density at radius 3 is 2.32 bits per heavy atom. The molecule has 19 heavy (non-hydrogen) atoms. The third kappa shape index (κ3) is 3.90. The van der Waals surface area contributed by atoms with Crippen LogP contribution >= 0.6 is 0 Å². The summed E-state index contributed by atoms with van der Waals surface area (Å²) in [6.45, 7) is 0.503. The highest BCUT2D eigenvalue weighted by atomic mass is 32.2. The quantitative estimate of drug-likeness (QED) is 0.671. The number of hydrogen-bond donors (Lipinski definition) is 2. The second-order valence-corrected chi connectivity index (χ2v) is 7.92. The Labute approximate surface area is 113 Å². The van der Waals surface area contributed by atoms with Crippen molar-refractivity contribution in [1.29, 1.82) is 0 Å². The fourth-order valence-electron chi connectivity index (χ4n) is 3.21. The van der Waals surface area contributed by atoms with Gasteiger partial charge in [0.05, 0.1) is 17.6 Å². The predicted octanol–water partition coefficient (Wildman–Crippen LogP) is -0.736. The van der Waals surface area contributed by atoms with Crippen LogP contribution in [0.2, 0.25) is 0 Å².